The molecule has 4 rings (SSSR count). The van der Waals surface area contributed by atoms with Gasteiger partial charge in [-0.1, -0.05) is 30.3 Å². The zero-order valence-corrected chi connectivity index (χ0v) is 17.7. The van der Waals surface area contributed by atoms with Gasteiger partial charge in [0.25, 0.3) is 5.56 Å². The molecule has 0 unspecified atom stereocenters. The van der Waals surface area contributed by atoms with Gasteiger partial charge in [-0.25, -0.2) is 9.78 Å². The second-order valence-electron chi connectivity index (χ2n) is 7.22. The first-order chi connectivity index (χ1) is 14.6. The van der Waals surface area contributed by atoms with Crippen LogP contribution in [0.3, 0.4) is 0 Å². The number of nitrogens with zero attached hydrogens (tertiary/aromatic N) is 3. The number of hydrogen-bond donors (Lipinski definition) is 2. The first kappa shape index (κ1) is 20.4. The van der Waals surface area contributed by atoms with Crippen molar-refractivity contribution in [3.05, 3.63) is 62.1 Å². The van der Waals surface area contributed by atoms with Gasteiger partial charge in [-0.2, -0.15) is 0 Å². The molecule has 1 saturated heterocycles. The predicted molar refractivity (Wildman–Crippen MR) is 119 cm³/mol. The van der Waals surface area contributed by atoms with Gasteiger partial charge in [-0.15, -0.1) is 11.3 Å². The Balaban J connectivity index is 1.69. The summed E-state index contributed by atoms with van der Waals surface area (Å²) < 4.78 is 8.26. The Morgan fingerprint density at radius 1 is 1.27 bits per heavy atom. The lowest BCUT2D eigenvalue weighted by Gasteiger charge is -2.15. The van der Waals surface area contributed by atoms with Gasteiger partial charge in [0.1, 0.15) is 11.4 Å². The van der Waals surface area contributed by atoms with E-state index in [9.17, 15) is 9.59 Å². The summed E-state index contributed by atoms with van der Waals surface area (Å²) in [6.07, 6.45) is 2.29. The molecule has 9 heteroatoms. The summed E-state index contributed by atoms with van der Waals surface area (Å²) >= 11 is 1.40. The monoisotopic (exact) mass is 427 g/mol. The number of nitrogen functional groups attached to an aromatic ring is 1. The molecule has 3 heterocycles. The Bertz CT molecular complexity index is 1130. The molecule has 8 nitrogen and oxygen atoms in total. The molecule has 0 spiro atoms. The average Bonchev–Trinajstić information content (AvgIpc) is 3.43. The summed E-state index contributed by atoms with van der Waals surface area (Å²) in [5.41, 5.74) is 7.17. The number of benzene rings is 1. The van der Waals surface area contributed by atoms with Crippen molar-refractivity contribution in [1.82, 2.24) is 14.1 Å². The van der Waals surface area contributed by atoms with Crippen molar-refractivity contribution in [3.63, 3.8) is 0 Å². The maximum atomic E-state index is 13.0. The van der Waals surface area contributed by atoms with Crippen LogP contribution >= 0.6 is 11.3 Å². The van der Waals surface area contributed by atoms with E-state index in [-0.39, 0.29) is 30.6 Å². The van der Waals surface area contributed by atoms with E-state index >= 15 is 0 Å². The lowest BCUT2D eigenvalue weighted by molar-refractivity contribution is 0.120. The van der Waals surface area contributed by atoms with E-state index in [1.54, 1.807) is 12.3 Å². The molecule has 1 aromatic carbocycles. The summed E-state index contributed by atoms with van der Waals surface area (Å²) in [6, 6.07) is 9.56. The second kappa shape index (κ2) is 8.85. The van der Waals surface area contributed by atoms with Gasteiger partial charge in [-0.3, -0.25) is 13.9 Å². The minimum Gasteiger partial charge on any atom is -0.384 e. The fraction of sp³-hybridized carbons (Fsp3) is 0.381. The Morgan fingerprint density at radius 2 is 2.07 bits per heavy atom. The molecule has 0 radical (unpaired) electrons. The number of anilines is 2. The Labute approximate surface area is 178 Å². The summed E-state index contributed by atoms with van der Waals surface area (Å²) in [7, 11) is 0. The first-order valence-corrected chi connectivity index (χ1v) is 10.9. The summed E-state index contributed by atoms with van der Waals surface area (Å²) in [5, 5.41) is 5.77. The van der Waals surface area contributed by atoms with E-state index in [0.29, 0.717) is 17.4 Å². The number of nitrogens with two attached hydrogens (primary N) is 1. The van der Waals surface area contributed by atoms with E-state index in [0.717, 1.165) is 25.0 Å². The molecule has 0 aliphatic carbocycles. The van der Waals surface area contributed by atoms with Crippen LogP contribution in [0.1, 0.15) is 25.3 Å². The van der Waals surface area contributed by atoms with Crippen LogP contribution < -0.4 is 22.3 Å². The maximum absolute atomic E-state index is 13.0. The quantitative estimate of drug-likeness (QED) is 0.600. The second-order valence-corrected chi connectivity index (χ2v) is 8.08. The molecule has 0 saturated carbocycles. The van der Waals surface area contributed by atoms with Gasteiger partial charge < -0.3 is 15.8 Å². The molecule has 1 fully saturated rings. The highest BCUT2D eigenvalue weighted by atomic mass is 32.1. The van der Waals surface area contributed by atoms with Crippen LogP contribution in [0.4, 0.5) is 10.9 Å². The molecule has 30 heavy (non-hydrogen) atoms. The molecule has 1 atom stereocenters. The zero-order chi connectivity index (χ0) is 21.1. The molecular weight excluding hydrogens is 402 g/mol. The standard InChI is InChI=1S/C21H25N5O3S/c1-2-25-19(27)17(16-13-30-20(24-16)23-11-15-9-6-10-29-15)18(22)26(21(25)28)12-14-7-4-3-5-8-14/h3-5,7-8,13,15H,2,6,9-12,22H2,1H3,(H,23,24)/t15-/m0/s1. The number of ether oxygens (including phenoxy) is 1. The van der Waals surface area contributed by atoms with E-state index in [4.69, 9.17) is 10.5 Å². The summed E-state index contributed by atoms with van der Waals surface area (Å²) in [4.78, 5) is 30.5. The molecular formula is C21H25N5O3S. The van der Waals surface area contributed by atoms with Crippen molar-refractivity contribution in [2.45, 2.75) is 39.0 Å². The lowest BCUT2D eigenvalue weighted by Crippen LogP contribution is -2.41. The SMILES string of the molecule is CCn1c(=O)c(-c2csc(NC[C@@H]3CCCO3)n2)c(N)n(Cc2ccccc2)c1=O. The predicted octanol–water partition coefficient (Wildman–Crippen LogP) is 2.37. The van der Waals surface area contributed by atoms with Gasteiger partial charge in [-0.05, 0) is 25.3 Å². The van der Waals surface area contributed by atoms with Gasteiger partial charge in [0.2, 0.25) is 0 Å². The number of thiazole rings is 1. The summed E-state index contributed by atoms with van der Waals surface area (Å²) in [5.74, 6) is 0.134. The van der Waals surface area contributed by atoms with Crippen LogP contribution in [0.2, 0.25) is 0 Å². The zero-order valence-electron chi connectivity index (χ0n) is 16.8. The lowest BCUT2D eigenvalue weighted by atomic mass is 10.2. The van der Waals surface area contributed by atoms with Crippen molar-refractivity contribution in [2.75, 3.05) is 24.2 Å². The van der Waals surface area contributed by atoms with Gasteiger partial charge in [0.05, 0.1) is 18.3 Å². The van der Waals surface area contributed by atoms with Crippen molar-refractivity contribution in [2.24, 2.45) is 0 Å². The minimum atomic E-state index is -0.417. The molecule has 0 amide bonds. The normalized spacial score (nSPS) is 16.1. The molecule has 1 aliphatic rings. The minimum absolute atomic E-state index is 0.134. The largest absolute Gasteiger partial charge is 0.384 e. The van der Waals surface area contributed by atoms with E-state index in [1.165, 1.54) is 20.5 Å². The smallest absolute Gasteiger partial charge is 0.332 e. The topological polar surface area (TPSA) is 104 Å². The first-order valence-electron chi connectivity index (χ1n) is 10.1. The number of rotatable bonds is 7. The highest BCUT2D eigenvalue weighted by Crippen LogP contribution is 2.26. The van der Waals surface area contributed by atoms with E-state index in [2.05, 4.69) is 10.3 Å². The highest BCUT2D eigenvalue weighted by Gasteiger charge is 2.21. The molecule has 1 aliphatic heterocycles. The van der Waals surface area contributed by atoms with Gasteiger partial charge >= 0.3 is 5.69 Å². The van der Waals surface area contributed by atoms with Crippen LogP contribution in [0.5, 0.6) is 0 Å². The fourth-order valence-electron chi connectivity index (χ4n) is 3.63. The maximum Gasteiger partial charge on any atom is 0.332 e. The Morgan fingerprint density at radius 3 is 2.77 bits per heavy atom. The van der Waals surface area contributed by atoms with Crippen molar-refractivity contribution in [3.8, 4) is 11.3 Å². The number of hydrogen-bond acceptors (Lipinski definition) is 7. The van der Waals surface area contributed by atoms with Gasteiger partial charge in [0, 0.05) is 25.1 Å². The third-order valence-corrected chi connectivity index (χ3v) is 6.03. The van der Waals surface area contributed by atoms with Gasteiger partial charge in [0.15, 0.2) is 5.13 Å². The van der Waals surface area contributed by atoms with Crippen molar-refractivity contribution < 1.29 is 4.74 Å². The van der Waals surface area contributed by atoms with Crippen molar-refractivity contribution >= 4 is 22.3 Å². The van der Waals surface area contributed by atoms with Crippen LogP contribution in [-0.2, 0) is 17.8 Å². The molecule has 158 valence electrons. The van der Waals surface area contributed by atoms with Crippen LogP contribution in [-0.4, -0.2) is 33.4 Å². The van der Waals surface area contributed by atoms with Crippen LogP contribution in [0, 0.1) is 0 Å². The summed E-state index contributed by atoms with van der Waals surface area (Å²) in [6.45, 7) is 3.78. The molecule has 3 N–H and O–H groups in total. The average molecular weight is 428 g/mol. The third-order valence-electron chi connectivity index (χ3n) is 5.23. The van der Waals surface area contributed by atoms with Crippen molar-refractivity contribution in [1.29, 1.82) is 0 Å². The van der Waals surface area contributed by atoms with Crippen LogP contribution in [0.25, 0.3) is 11.3 Å². The van der Waals surface area contributed by atoms with E-state index < -0.39 is 11.2 Å². The Hall–Kier alpha value is -2.91. The highest BCUT2D eigenvalue weighted by molar-refractivity contribution is 7.14. The van der Waals surface area contributed by atoms with Crippen LogP contribution in [0.15, 0.2) is 45.3 Å². The third kappa shape index (κ3) is 4.03. The number of aromatic nitrogens is 3. The Kier molecular flexibility index (Phi) is 6.01. The molecule has 0 bridgehead atoms. The van der Waals surface area contributed by atoms with E-state index in [1.807, 2.05) is 30.3 Å². The molecule has 3 aromatic rings. The number of nitrogens with one attached hydrogen (secondary N) is 1. The molecule has 2 aromatic heterocycles. The fourth-order valence-corrected chi connectivity index (χ4v) is 4.34.